The molecule has 5 rings (SSSR count). The quantitative estimate of drug-likeness (QED) is 0.251. The molecule has 0 unspecified atom stereocenters. The molecular weight excluding hydrogens is 442 g/mol. The third-order valence-electron chi connectivity index (χ3n) is 6.17. The van der Waals surface area contributed by atoms with Gasteiger partial charge in [-0.25, -0.2) is 0 Å². The summed E-state index contributed by atoms with van der Waals surface area (Å²) in [7, 11) is 0. The van der Waals surface area contributed by atoms with Crippen molar-refractivity contribution in [3.63, 3.8) is 0 Å². The summed E-state index contributed by atoms with van der Waals surface area (Å²) in [6.07, 6.45) is 1.66. The van der Waals surface area contributed by atoms with Crippen LogP contribution < -0.4 is 10.2 Å². The van der Waals surface area contributed by atoms with Gasteiger partial charge < -0.3 is 4.57 Å². The number of benzene rings is 3. The second-order valence-electron chi connectivity index (χ2n) is 8.45. The van der Waals surface area contributed by atoms with Crippen LogP contribution in [0.25, 0.3) is 22.5 Å². The maximum Gasteiger partial charge on any atom is 0.270 e. The first-order chi connectivity index (χ1) is 16.3. The number of nitrogens with zero attached hydrogens (tertiary/aromatic N) is 2. The van der Waals surface area contributed by atoms with Gasteiger partial charge in [0.2, 0.25) is 0 Å². The first-order valence-electron chi connectivity index (χ1n) is 11.0. The van der Waals surface area contributed by atoms with Gasteiger partial charge in [0, 0.05) is 22.5 Å². The van der Waals surface area contributed by atoms with Gasteiger partial charge in [-0.2, -0.15) is 0 Å². The summed E-state index contributed by atoms with van der Waals surface area (Å²) in [5.74, 6) is -0.933. The lowest BCUT2D eigenvalue weighted by Gasteiger charge is -2.29. The Morgan fingerprint density at radius 1 is 0.882 bits per heavy atom. The van der Waals surface area contributed by atoms with Gasteiger partial charge in [-0.3, -0.25) is 19.8 Å². The molecule has 34 heavy (non-hydrogen) atoms. The van der Waals surface area contributed by atoms with Gasteiger partial charge in [-0.1, -0.05) is 54.1 Å². The third-order valence-corrected chi connectivity index (χ3v) is 6.46. The van der Waals surface area contributed by atoms with E-state index in [9.17, 15) is 9.59 Å². The molecule has 1 saturated heterocycles. The van der Waals surface area contributed by atoms with Crippen LogP contribution >= 0.6 is 12.2 Å². The zero-order chi connectivity index (χ0) is 24.0. The van der Waals surface area contributed by atoms with Gasteiger partial charge in [0.1, 0.15) is 5.57 Å². The molecule has 0 saturated carbocycles. The number of thiocarbonyl (C=S) groups is 1. The zero-order valence-corrected chi connectivity index (χ0v) is 19.9. The molecule has 1 N–H and O–H groups in total. The Labute approximate surface area is 203 Å². The highest BCUT2D eigenvalue weighted by Gasteiger charge is 2.35. The molecule has 0 spiro atoms. The Bertz CT molecular complexity index is 1510. The maximum absolute atomic E-state index is 13.6. The molecule has 2 amide bonds. The number of anilines is 1. The fraction of sp³-hybridized carbons (Fsp3) is 0.107. The minimum atomic E-state index is -0.494. The minimum Gasteiger partial charge on any atom is -0.318 e. The lowest BCUT2D eigenvalue weighted by Crippen LogP contribution is -2.54. The van der Waals surface area contributed by atoms with Crippen LogP contribution in [0.15, 0.2) is 78.4 Å². The average Bonchev–Trinajstić information content (AvgIpc) is 3.10. The second kappa shape index (κ2) is 8.39. The van der Waals surface area contributed by atoms with Gasteiger partial charge in [-0.05, 0) is 74.3 Å². The Morgan fingerprint density at radius 3 is 2.35 bits per heavy atom. The van der Waals surface area contributed by atoms with Gasteiger partial charge in [-0.15, -0.1) is 0 Å². The number of amides is 2. The van der Waals surface area contributed by atoms with Crippen LogP contribution in [0.5, 0.6) is 0 Å². The summed E-state index contributed by atoms with van der Waals surface area (Å²) in [5, 5.41) is 4.64. The average molecular weight is 466 g/mol. The zero-order valence-electron chi connectivity index (χ0n) is 19.1. The molecule has 168 valence electrons. The lowest BCUT2D eigenvalue weighted by molar-refractivity contribution is -0.122. The standard InChI is InChI=1S/C28H23N3O2S/c1-17-11-13-22(14-12-17)30-18(2)15-21(19(30)3)16-24-26(32)29-28(34)31(27(24)33)25-10-6-8-20-7-4-5-9-23(20)25/h4-16H,1-3H3,(H,29,32,34). The summed E-state index contributed by atoms with van der Waals surface area (Å²) < 4.78 is 2.12. The largest absolute Gasteiger partial charge is 0.318 e. The fourth-order valence-corrected chi connectivity index (χ4v) is 4.73. The highest BCUT2D eigenvalue weighted by atomic mass is 32.1. The summed E-state index contributed by atoms with van der Waals surface area (Å²) in [4.78, 5) is 27.9. The number of fused-ring (bicyclic) bond motifs is 1. The molecule has 6 heteroatoms. The van der Waals surface area contributed by atoms with Gasteiger partial charge in [0.15, 0.2) is 5.11 Å². The first kappa shape index (κ1) is 21.8. The minimum absolute atomic E-state index is 0.0469. The van der Waals surface area contributed by atoms with Crippen LogP contribution in [0.4, 0.5) is 5.69 Å². The van der Waals surface area contributed by atoms with E-state index in [2.05, 4.69) is 41.1 Å². The van der Waals surface area contributed by atoms with E-state index in [1.807, 2.05) is 62.4 Å². The Kier molecular flexibility index (Phi) is 5.38. The fourth-order valence-electron chi connectivity index (χ4n) is 4.46. The van der Waals surface area contributed by atoms with E-state index in [1.54, 1.807) is 6.08 Å². The van der Waals surface area contributed by atoms with Crippen LogP contribution in [-0.4, -0.2) is 21.5 Å². The van der Waals surface area contributed by atoms with Gasteiger partial charge in [0.05, 0.1) is 5.69 Å². The van der Waals surface area contributed by atoms with Crippen molar-refractivity contribution in [1.29, 1.82) is 0 Å². The molecule has 0 bridgehead atoms. The Morgan fingerprint density at radius 2 is 1.59 bits per heavy atom. The summed E-state index contributed by atoms with van der Waals surface area (Å²) in [5.41, 5.74) is 5.67. The maximum atomic E-state index is 13.6. The first-order valence-corrected chi connectivity index (χ1v) is 11.4. The molecule has 3 aromatic carbocycles. The van der Waals surface area contributed by atoms with Crippen molar-refractivity contribution >= 4 is 51.7 Å². The smallest absolute Gasteiger partial charge is 0.270 e. The number of hydrogen-bond acceptors (Lipinski definition) is 3. The van der Waals surface area contributed by atoms with Crippen molar-refractivity contribution in [3.8, 4) is 5.69 Å². The van der Waals surface area contributed by atoms with Crippen LogP contribution in [0, 0.1) is 20.8 Å². The number of aromatic nitrogens is 1. The van der Waals surface area contributed by atoms with Gasteiger partial charge >= 0.3 is 0 Å². The SMILES string of the molecule is Cc1ccc(-n2c(C)cc(C=C3C(=O)NC(=S)N(c4cccc5ccccc45)C3=O)c2C)cc1. The molecular formula is C28H23N3O2S. The van der Waals surface area contributed by atoms with Crippen LogP contribution in [-0.2, 0) is 9.59 Å². The van der Waals surface area contributed by atoms with E-state index >= 15 is 0 Å². The summed E-state index contributed by atoms with van der Waals surface area (Å²) in [6, 6.07) is 23.7. The van der Waals surface area contributed by atoms with Gasteiger partial charge in [0.25, 0.3) is 11.8 Å². The molecule has 0 aliphatic carbocycles. The lowest BCUT2D eigenvalue weighted by atomic mass is 10.0. The third kappa shape index (κ3) is 3.62. The number of carbonyl (C=O) groups is 2. The molecule has 5 nitrogen and oxygen atoms in total. The van der Waals surface area contributed by atoms with Crippen molar-refractivity contribution in [2.75, 3.05) is 4.90 Å². The molecule has 0 atom stereocenters. The van der Waals surface area contributed by atoms with Crippen molar-refractivity contribution in [3.05, 3.63) is 101 Å². The second-order valence-corrected chi connectivity index (χ2v) is 8.84. The summed E-state index contributed by atoms with van der Waals surface area (Å²) in [6.45, 7) is 6.04. The normalized spacial score (nSPS) is 15.3. The molecule has 4 aromatic rings. The molecule has 1 aliphatic rings. The molecule has 1 aliphatic heterocycles. The van der Waals surface area contributed by atoms with E-state index in [1.165, 1.54) is 10.5 Å². The van der Waals surface area contributed by atoms with Crippen LogP contribution in [0.2, 0.25) is 0 Å². The van der Waals surface area contributed by atoms with E-state index in [4.69, 9.17) is 12.2 Å². The predicted octanol–water partition coefficient (Wildman–Crippen LogP) is 5.39. The monoisotopic (exact) mass is 465 g/mol. The topological polar surface area (TPSA) is 54.3 Å². The van der Waals surface area contributed by atoms with Crippen molar-refractivity contribution in [2.24, 2.45) is 0 Å². The highest BCUT2D eigenvalue weighted by Crippen LogP contribution is 2.30. The highest BCUT2D eigenvalue weighted by molar-refractivity contribution is 7.80. The van der Waals surface area contributed by atoms with Crippen molar-refractivity contribution in [2.45, 2.75) is 20.8 Å². The summed E-state index contributed by atoms with van der Waals surface area (Å²) >= 11 is 5.41. The number of rotatable bonds is 3. The van der Waals surface area contributed by atoms with E-state index in [-0.39, 0.29) is 10.7 Å². The van der Waals surface area contributed by atoms with E-state index in [0.717, 1.165) is 33.4 Å². The molecule has 1 aromatic heterocycles. The predicted molar refractivity (Wildman–Crippen MR) is 140 cm³/mol. The van der Waals surface area contributed by atoms with E-state index in [0.29, 0.717) is 5.69 Å². The molecule has 0 radical (unpaired) electrons. The van der Waals surface area contributed by atoms with Crippen molar-refractivity contribution in [1.82, 2.24) is 9.88 Å². The van der Waals surface area contributed by atoms with Crippen LogP contribution in [0.1, 0.15) is 22.5 Å². The number of aryl methyl sites for hydroxylation is 2. The Balaban J connectivity index is 1.59. The molecule has 2 heterocycles. The number of hydrogen-bond donors (Lipinski definition) is 1. The molecule has 1 fully saturated rings. The van der Waals surface area contributed by atoms with Crippen LogP contribution in [0.3, 0.4) is 0 Å². The van der Waals surface area contributed by atoms with Crippen molar-refractivity contribution < 1.29 is 9.59 Å². The number of carbonyl (C=O) groups excluding carboxylic acids is 2. The Hall–Kier alpha value is -4.03. The number of nitrogens with one attached hydrogen (secondary N) is 1. The van der Waals surface area contributed by atoms with E-state index < -0.39 is 11.8 Å².